The molecule has 1 heterocycles. The highest BCUT2D eigenvalue weighted by molar-refractivity contribution is 14.0. The second-order valence-corrected chi connectivity index (χ2v) is 6.10. The highest BCUT2D eigenvalue weighted by Gasteiger charge is 2.17. The molecule has 0 atom stereocenters. The summed E-state index contributed by atoms with van der Waals surface area (Å²) >= 11 is 1.72. The fourth-order valence-corrected chi connectivity index (χ4v) is 2.28. The molecule has 0 aliphatic carbocycles. The van der Waals surface area contributed by atoms with Crippen molar-refractivity contribution in [1.82, 2.24) is 15.6 Å². The third-order valence-electron chi connectivity index (χ3n) is 2.40. The van der Waals surface area contributed by atoms with Crippen molar-refractivity contribution in [1.29, 1.82) is 0 Å². The lowest BCUT2D eigenvalue weighted by molar-refractivity contribution is 0.582. The highest BCUT2D eigenvalue weighted by atomic mass is 127. The van der Waals surface area contributed by atoms with Crippen LogP contribution in [0.3, 0.4) is 0 Å². The average Bonchev–Trinajstić information content (AvgIpc) is 2.78. The van der Waals surface area contributed by atoms with E-state index >= 15 is 0 Å². The molecule has 1 rings (SSSR count). The molecule has 0 saturated heterocycles. The van der Waals surface area contributed by atoms with Gasteiger partial charge in [0.25, 0.3) is 0 Å². The van der Waals surface area contributed by atoms with Gasteiger partial charge in [-0.05, 0) is 6.42 Å². The van der Waals surface area contributed by atoms with Gasteiger partial charge in [0.1, 0.15) is 0 Å². The van der Waals surface area contributed by atoms with Crippen LogP contribution in [0.15, 0.2) is 10.4 Å². The van der Waals surface area contributed by atoms with Crippen molar-refractivity contribution in [3.8, 4) is 0 Å². The molecule has 0 aromatic carbocycles. The lowest BCUT2D eigenvalue weighted by Crippen LogP contribution is -2.37. The van der Waals surface area contributed by atoms with Crippen molar-refractivity contribution in [2.75, 3.05) is 13.6 Å². The number of aromatic nitrogens is 1. The minimum absolute atomic E-state index is 0. The van der Waals surface area contributed by atoms with Gasteiger partial charge < -0.3 is 10.6 Å². The third-order valence-corrected chi connectivity index (χ3v) is 3.71. The first-order chi connectivity index (χ1) is 8.47. The van der Waals surface area contributed by atoms with Crippen molar-refractivity contribution in [2.24, 2.45) is 4.99 Å². The summed E-state index contributed by atoms with van der Waals surface area (Å²) in [5.41, 5.74) is 1.20. The van der Waals surface area contributed by atoms with E-state index in [1.807, 2.05) is 0 Å². The van der Waals surface area contributed by atoms with Crippen molar-refractivity contribution in [3.63, 3.8) is 0 Å². The van der Waals surface area contributed by atoms with Crippen LogP contribution in [0.1, 0.15) is 44.8 Å². The zero-order chi connectivity index (χ0) is 13.6. The lowest BCUT2D eigenvalue weighted by Gasteiger charge is -2.13. The van der Waals surface area contributed by atoms with Gasteiger partial charge in [0.15, 0.2) is 5.96 Å². The number of hydrogen-bond donors (Lipinski definition) is 2. The zero-order valence-electron chi connectivity index (χ0n) is 12.4. The predicted octanol–water partition coefficient (Wildman–Crippen LogP) is 3.13. The number of guanidine groups is 1. The molecule has 2 N–H and O–H groups in total. The molecule has 19 heavy (non-hydrogen) atoms. The van der Waals surface area contributed by atoms with E-state index in [-0.39, 0.29) is 29.4 Å². The molecule has 0 amide bonds. The van der Waals surface area contributed by atoms with Gasteiger partial charge in [-0.3, -0.25) is 4.99 Å². The van der Waals surface area contributed by atoms with Crippen molar-refractivity contribution in [2.45, 2.75) is 46.1 Å². The minimum Gasteiger partial charge on any atom is -0.356 e. The highest BCUT2D eigenvalue weighted by Crippen LogP contribution is 2.25. The fourth-order valence-electron chi connectivity index (χ4n) is 1.37. The quantitative estimate of drug-likeness (QED) is 0.467. The number of thiazole rings is 1. The van der Waals surface area contributed by atoms with Crippen LogP contribution in [0, 0.1) is 0 Å². The molecule has 0 aliphatic heterocycles. The second kappa shape index (κ2) is 8.73. The van der Waals surface area contributed by atoms with Crippen LogP contribution in [0.2, 0.25) is 0 Å². The number of aliphatic imine (C=N–C) groups is 1. The van der Waals surface area contributed by atoms with E-state index in [0.717, 1.165) is 31.2 Å². The van der Waals surface area contributed by atoms with Gasteiger partial charge in [-0.2, -0.15) is 0 Å². The van der Waals surface area contributed by atoms with E-state index in [2.05, 4.69) is 53.7 Å². The molecule has 0 spiro atoms. The van der Waals surface area contributed by atoms with E-state index in [1.54, 1.807) is 18.4 Å². The molecule has 0 unspecified atom stereocenters. The van der Waals surface area contributed by atoms with Gasteiger partial charge in [0.2, 0.25) is 0 Å². The van der Waals surface area contributed by atoms with Crippen LogP contribution >= 0.6 is 35.3 Å². The minimum atomic E-state index is 0. The maximum Gasteiger partial charge on any atom is 0.191 e. The lowest BCUT2D eigenvalue weighted by atomic mass is 9.98. The number of nitrogens with zero attached hydrogens (tertiary/aromatic N) is 2. The summed E-state index contributed by atoms with van der Waals surface area (Å²) in [5, 5.41) is 9.80. The predicted molar refractivity (Wildman–Crippen MR) is 94.7 cm³/mol. The summed E-state index contributed by atoms with van der Waals surface area (Å²) in [6.07, 6.45) is 1.09. The maximum absolute atomic E-state index is 4.64. The van der Waals surface area contributed by atoms with Crippen LogP contribution in [0.4, 0.5) is 0 Å². The van der Waals surface area contributed by atoms with Crippen molar-refractivity contribution < 1.29 is 0 Å². The monoisotopic (exact) mass is 396 g/mol. The smallest absolute Gasteiger partial charge is 0.191 e. The second-order valence-electron chi connectivity index (χ2n) is 5.25. The Bertz CT molecular complexity index is 396. The van der Waals surface area contributed by atoms with Crippen LogP contribution in [0.25, 0.3) is 0 Å². The molecule has 0 aliphatic rings. The molecule has 6 heteroatoms. The molecular weight excluding hydrogens is 371 g/mol. The van der Waals surface area contributed by atoms with E-state index in [0.29, 0.717) is 0 Å². The normalized spacial score (nSPS) is 11.9. The average molecular weight is 396 g/mol. The maximum atomic E-state index is 4.64. The number of halogens is 1. The molecule has 4 nitrogen and oxygen atoms in total. The Hall–Kier alpha value is -0.370. The zero-order valence-corrected chi connectivity index (χ0v) is 15.6. The van der Waals surface area contributed by atoms with E-state index in [4.69, 9.17) is 0 Å². The van der Waals surface area contributed by atoms with E-state index < -0.39 is 0 Å². The Labute approximate surface area is 137 Å². The Kier molecular flexibility index (Phi) is 8.56. The SMILES string of the molecule is CCCNC(=NC)NCc1csc(C(C)(C)C)n1.I. The summed E-state index contributed by atoms with van der Waals surface area (Å²) in [6, 6.07) is 0. The number of rotatable bonds is 4. The molecule has 0 saturated carbocycles. The van der Waals surface area contributed by atoms with Gasteiger partial charge in [0, 0.05) is 24.4 Å². The summed E-state index contributed by atoms with van der Waals surface area (Å²) in [7, 11) is 1.78. The summed E-state index contributed by atoms with van der Waals surface area (Å²) in [4.78, 5) is 8.81. The van der Waals surface area contributed by atoms with E-state index in [9.17, 15) is 0 Å². The first kappa shape index (κ1) is 18.6. The summed E-state index contributed by atoms with van der Waals surface area (Å²) in [5.74, 6) is 0.835. The van der Waals surface area contributed by atoms with Crippen LogP contribution in [-0.4, -0.2) is 24.5 Å². The standard InChI is InChI=1S/C13H24N4S.HI/c1-6-7-15-12(14-5)16-8-10-9-18-11(17-10)13(2,3)4;/h9H,6-8H2,1-5H3,(H2,14,15,16);1H. The number of nitrogens with one attached hydrogen (secondary N) is 2. The first-order valence-electron chi connectivity index (χ1n) is 6.36. The van der Waals surface area contributed by atoms with Crippen molar-refractivity contribution in [3.05, 3.63) is 16.1 Å². The Morgan fingerprint density at radius 3 is 2.53 bits per heavy atom. The van der Waals surface area contributed by atoms with Gasteiger partial charge >= 0.3 is 0 Å². The molecule has 110 valence electrons. The molecular formula is C13H25IN4S. The van der Waals surface area contributed by atoms with Gasteiger partial charge in [-0.25, -0.2) is 4.98 Å². The topological polar surface area (TPSA) is 49.3 Å². The van der Waals surface area contributed by atoms with Gasteiger partial charge in [-0.15, -0.1) is 35.3 Å². The molecule has 0 bridgehead atoms. The van der Waals surface area contributed by atoms with Crippen molar-refractivity contribution >= 4 is 41.3 Å². The van der Waals surface area contributed by atoms with Gasteiger partial charge in [-0.1, -0.05) is 27.7 Å². The van der Waals surface area contributed by atoms with Gasteiger partial charge in [0.05, 0.1) is 17.2 Å². The Morgan fingerprint density at radius 1 is 1.37 bits per heavy atom. The summed E-state index contributed by atoms with van der Waals surface area (Å²) in [6.45, 7) is 10.3. The Morgan fingerprint density at radius 2 is 2.05 bits per heavy atom. The largest absolute Gasteiger partial charge is 0.356 e. The molecule has 0 radical (unpaired) electrons. The summed E-state index contributed by atoms with van der Waals surface area (Å²) < 4.78 is 0. The van der Waals surface area contributed by atoms with Crippen LogP contribution in [0.5, 0.6) is 0 Å². The van der Waals surface area contributed by atoms with E-state index in [1.165, 1.54) is 5.01 Å². The fraction of sp³-hybridized carbons (Fsp3) is 0.692. The molecule has 0 fully saturated rings. The molecule has 1 aromatic rings. The Balaban J connectivity index is 0.00000324. The number of hydrogen-bond acceptors (Lipinski definition) is 3. The van der Waals surface area contributed by atoms with Crippen LogP contribution in [-0.2, 0) is 12.0 Å². The molecule has 1 aromatic heterocycles. The third kappa shape index (κ3) is 6.56. The first-order valence-corrected chi connectivity index (χ1v) is 7.24. The van der Waals surface area contributed by atoms with Crippen LogP contribution < -0.4 is 10.6 Å².